The molecule has 7 rings (SSSR count). The fourth-order valence-electron chi connectivity index (χ4n) is 13.9. The molecule has 0 radical (unpaired) electrons. The van der Waals surface area contributed by atoms with Gasteiger partial charge in [0.2, 0.25) is 47.3 Å². The maximum absolute atomic E-state index is 15.3. The minimum atomic E-state index is -1.27. The van der Waals surface area contributed by atoms with Gasteiger partial charge in [-0.1, -0.05) is 119 Å². The monoisotopic (exact) mass is 1340 g/mol. The number of allylic oxidation sites excluding steroid dienone is 4. The summed E-state index contributed by atoms with van der Waals surface area (Å²) >= 11 is 2.86. The Morgan fingerprint density at radius 1 is 0.543 bits per heavy atom. The number of amides is 9. The summed E-state index contributed by atoms with van der Waals surface area (Å²) in [5.74, 6) is -7.13. The van der Waals surface area contributed by atoms with Crippen molar-refractivity contribution in [3.05, 3.63) is 80.2 Å². The number of carbonyl (C=O) groups excluding carboxylic acids is 10. The first kappa shape index (κ1) is 75.1. The van der Waals surface area contributed by atoms with Crippen molar-refractivity contribution in [2.75, 3.05) is 26.7 Å². The minimum Gasteiger partial charge on any atom is -0.343 e. The first-order valence-corrected chi connectivity index (χ1v) is 36.2. The molecule has 0 spiro atoms. The van der Waals surface area contributed by atoms with Gasteiger partial charge in [-0.15, -0.1) is 23.5 Å². The fraction of sp³-hybridized carbons (Fsp3) is 0.662. The Kier molecular flexibility index (Phi) is 26.4. The van der Waals surface area contributed by atoms with Gasteiger partial charge in [0.1, 0.15) is 48.3 Å². The third-order valence-electron chi connectivity index (χ3n) is 20.4. The molecule has 0 aromatic heterocycles. The summed E-state index contributed by atoms with van der Waals surface area (Å²) in [5, 5.41) is 20.8. The lowest BCUT2D eigenvalue weighted by Crippen LogP contribution is -2.62. The molecule has 2 saturated heterocycles. The summed E-state index contributed by atoms with van der Waals surface area (Å²) in [6.07, 6.45) is 9.91. The normalized spacial score (nSPS) is 30.0. The number of carbonyl (C=O) groups is 10. The number of Topliss-reactive ketones (excluding diaryl/α,β-unsaturated/α-hetero) is 1. The first-order chi connectivity index (χ1) is 44.6. The molecule has 14 atom stereocenters. The van der Waals surface area contributed by atoms with Gasteiger partial charge < -0.3 is 58.5 Å². The highest BCUT2D eigenvalue weighted by Crippen LogP contribution is 2.68. The van der Waals surface area contributed by atoms with Crippen molar-refractivity contribution in [3.8, 4) is 0 Å². The maximum Gasteiger partial charge on any atom is 0.258 e. The van der Waals surface area contributed by atoms with Crippen molar-refractivity contribution in [3.63, 3.8) is 0 Å². The van der Waals surface area contributed by atoms with E-state index in [-0.39, 0.29) is 69.4 Å². The Morgan fingerprint density at radius 3 is 1.54 bits per heavy atom. The van der Waals surface area contributed by atoms with Crippen LogP contribution in [0, 0.1) is 29.6 Å². The zero-order chi connectivity index (χ0) is 69.1. The number of benzene rings is 1. The number of nitrogens with one attached hydrogen (secondary N) is 7. The van der Waals surface area contributed by atoms with E-state index in [1.165, 1.54) is 35.5 Å². The van der Waals surface area contributed by atoms with E-state index < -0.39 is 135 Å². The van der Waals surface area contributed by atoms with Crippen LogP contribution in [0.15, 0.2) is 74.6 Å². The van der Waals surface area contributed by atoms with E-state index in [2.05, 4.69) is 51.1 Å². The van der Waals surface area contributed by atoms with Crippen LogP contribution >= 0.6 is 23.5 Å². The van der Waals surface area contributed by atoms with E-state index in [9.17, 15) is 33.6 Å². The highest BCUT2D eigenvalue weighted by Gasteiger charge is 2.61. The molecule has 4 bridgehead atoms. The van der Waals surface area contributed by atoms with E-state index in [0.29, 0.717) is 60.3 Å². The molecule has 0 unspecified atom stereocenters. The van der Waals surface area contributed by atoms with E-state index in [0.717, 1.165) is 41.6 Å². The lowest BCUT2D eigenvalue weighted by molar-refractivity contribution is -0.144. The van der Waals surface area contributed by atoms with Gasteiger partial charge in [0.05, 0.1) is 25.3 Å². The van der Waals surface area contributed by atoms with Gasteiger partial charge in [-0.05, 0) is 167 Å². The van der Waals surface area contributed by atoms with Crippen molar-refractivity contribution in [2.45, 2.75) is 243 Å². The van der Waals surface area contributed by atoms with E-state index in [4.69, 9.17) is 11.5 Å². The van der Waals surface area contributed by atoms with Crippen molar-refractivity contribution in [2.24, 2.45) is 41.1 Å². The molecular formula is C71H107N11O10S2. The van der Waals surface area contributed by atoms with Crippen LogP contribution in [0.4, 0.5) is 0 Å². The van der Waals surface area contributed by atoms with Crippen LogP contribution in [0.2, 0.25) is 0 Å². The second kappa shape index (κ2) is 33.1. The molecule has 4 heterocycles. The van der Waals surface area contributed by atoms with Gasteiger partial charge in [0.15, 0.2) is 5.78 Å². The zero-order valence-electron chi connectivity index (χ0n) is 57.8. The smallest absolute Gasteiger partial charge is 0.258 e. The molecule has 3 fully saturated rings. The molecule has 21 nitrogen and oxygen atoms in total. The minimum absolute atomic E-state index is 0.00149. The number of hydrogen-bond acceptors (Lipinski definition) is 14. The molecule has 11 N–H and O–H groups in total. The highest BCUT2D eigenvalue weighted by atomic mass is 32.2. The highest BCUT2D eigenvalue weighted by molar-refractivity contribution is 8.10. The molecular weight excluding hydrogens is 1230 g/mol. The predicted octanol–water partition coefficient (Wildman–Crippen LogP) is 6.30. The Labute approximate surface area is 565 Å². The molecule has 2 aliphatic carbocycles. The average molecular weight is 1340 g/mol. The van der Waals surface area contributed by atoms with Crippen molar-refractivity contribution in [1.82, 2.24) is 47.0 Å². The predicted molar refractivity (Wildman–Crippen MR) is 370 cm³/mol. The van der Waals surface area contributed by atoms with Gasteiger partial charge in [-0.3, -0.25) is 47.9 Å². The second-order valence-corrected chi connectivity index (χ2v) is 31.0. The van der Waals surface area contributed by atoms with E-state index in [1.807, 2.05) is 92.7 Å². The molecule has 6 aliphatic rings. The summed E-state index contributed by atoms with van der Waals surface area (Å²) in [6.45, 7) is 23.7. The number of ketones is 1. The summed E-state index contributed by atoms with van der Waals surface area (Å²) < 4.78 is -1.51. The number of nitrogens with two attached hydrogens (primary N) is 2. The quantitative estimate of drug-likeness (QED) is 0.0779. The Morgan fingerprint density at radius 2 is 1.01 bits per heavy atom. The van der Waals surface area contributed by atoms with Crippen LogP contribution in [0.5, 0.6) is 0 Å². The topological polar surface area (TPSA) is 313 Å². The average Bonchev–Trinajstić information content (AvgIpc) is 1.52. The molecule has 94 heavy (non-hydrogen) atoms. The van der Waals surface area contributed by atoms with E-state index >= 15 is 14.4 Å². The molecule has 23 heteroatoms. The molecule has 518 valence electrons. The molecule has 1 saturated carbocycles. The van der Waals surface area contributed by atoms with Crippen LogP contribution in [0.1, 0.15) is 179 Å². The van der Waals surface area contributed by atoms with Gasteiger partial charge in [-0.2, -0.15) is 0 Å². The van der Waals surface area contributed by atoms with Crippen LogP contribution in [-0.2, 0) is 54.4 Å². The number of thioether (sulfide) groups is 2. The number of likely N-dealkylation sites (N-methyl/N-ethyl adjacent to an activating group) is 1. The zero-order valence-corrected chi connectivity index (χ0v) is 59.4. The summed E-state index contributed by atoms with van der Waals surface area (Å²) in [6, 6.07) is -1.17. The maximum atomic E-state index is 15.3. The van der Waals surface area contributed by atoms with Crippen molar-refractivity contribution < 1.29 is 47.9 Å². The molecule has 1 aromatic carbocycles. The van der Waals surface area contributed by atoms with Gasteiger partial charge >= 0.3 is 0 Å². The van der Waals surface area contributed by atoms with Crippen LogP contribution in [0.25, 0.3) is 0 Å². The summed E-state index contributed by atoms with van der Waals surface area (Å²) in [5.41, 5.74) is 17.1. The second-order valence-electron chi connectivity index (χ2n) is 28.1. The van der Waals surface area contributed by atoms with Crippen molar-refractivity contribution >= 4 is 82.5 Å². The third-order valence-corrected chi connectivity index (χ3v) is 23.6. The molecule has 9 amide bonds. The lowest BCUT2D eigenvalue weighted by Gasteiger charge is -2.47. The van der Waals surface area contributed by atoms with Crippen LogP contribution < -0.4 is 48.7 Å². The first-order valence-electron chi connectivity index (χ1n) is 34.5. The number of rotatable bonds is 18. The molecule has 4 aliphatic heterocycles. The Balaban J connectivity index is 1.31. The Hall–Kier alpha value is -6.30. The summed E-state index contributed by atoms with van der Waals surface area (Å²) in [4.78, 5) is 154. The number of hydrogen-bond donors (Lipinski definition) is 9. The SMILES string of the molecule is CC[C@H](C)[C@@H]1NC(=O)C2=CC3=C4CCCC4=C4C=C(S[C@]4(C)[C@@]3(C)S2)C(=O)[C@H]2CCCN2C(=O)[C@H]([C@@H](C)CC)NC(=O)[C@H](CCCN)NC(=O)[C@H](CC(C)C)NC(=O)[C@H](CC(C)C)N(C)C(=O)[C@@H](Cc2ccccc2)NC(=O)[C@H]([C@@H](C)CC)NC(=O)[C@H](CCCN)NC1=O. The van der Waals surface area contributed by atoms with E-state index in [1.54, 1.807) is 24.0 Å². The lowest BCUT2D eigenvalue weighted by atomic mass is 9.72. The third kappa shape index (κ3) is 16.9. The van der Waals surface area contributed by atoms with Gasteiger partial charge in [0.25, 0.3) is 5.91 Å². The Bertz CT molecular complexity index is 3130. The van der Waals surface area contributed by atoms with Gasteiger partial charge in [0, 0.05) is 20.0 Å². The number of fused-ring (bicyclic) bond motifs is 4. The van der Waals surface area contributed by atoms with Crippen molar-refractivity contribution in [1.29, 1.82) is 0 Å². The standard InChI is InChI=1S/C71H107N11O10S2/c1-14-41(8)57-67(90)77-52(36-44-24-18-17-19-25-44)68(91)81(13)54(35-40(6)7)64(87)76-51(34-39(4)5)63(86)74-49(28-21-31-72)62(85)80-59(43(10)16-3)69(92)82-33-23-30-53(82)60(83)55-37-47-45-26-20-27-46(45)48-38-56(94-71(48,12)70(47,11)93-55)65(88)79-58(42(9)15-2)66(89)75-50(29-22-32-73)61(84)78-57/h17-19,24-25,37-43,49-54,57-59H,14-16,20-23,26-36,72-73H2,1-13H3,(H,74,86)(H,75,89)(H,76,87)(H,77,90)(H,78,84)(H,79,88)(H,80,85)/t41-,42-,43-,49-,50-,51-,52+,53+,54-,57-,58-,59-,70-,71-/m0/s1. The summed E-state index contributed by atoms with van der Waals surface area (Å²) in [7, 11) is 1.48. The number of nitrogens with zero attached hydrogens (tertiary/aromatic N) is 2. The fourth-order valence-corrected chi connectivity index (χ4v) is 17.0. The van der Waals surface area contributed by atoms with Crippen LogP contribution in [0.3, 0.4) is 0 Å². The largest absolute Gasteiger partial charge is 0.343 e. The van der Waals surface area contributed by atoms with Gasteiger partial charge in [-0.25, -0.2) is 0 Å². The molecule has 1 aromatic rings. The van der Waals surface area contributed by atoms with Crippen LogP contribution in [-0.4, -0.2) is 159 Å².